The van der Waals surface area contributed by atoms with E-state index in [1.807, 2.05) is 0 Å². The third-order valence-electron chi connectivity index (χ3n) is 3.22. The summed E-state index contributed by atoms with van der Waals surface area (Å²) in [6.07, 6.45) is 0. The van der Waals surface area contributed by atoms with Crippen LogP contribution < -0.4 is 5.32 Å². The number of hydrogen-bond acceptors (Lipinski definition) is 4. The average Bonchev–Trinajstić information content (AvgIpc) is 2.96. The van der Waals surface area contributed by atoms with Crippen LogP contribution in [0, 0.1) is 11.6 Å². The highest BCUT2D eigenvalue weighted by molar-refractivity contribution is 8.00. The molecule has 0 saturated carbocycles. The molecule has 10 heteroatoms. The van der Waals surface area contributed by atoms with Gasteiger partial charge in [-0.3, -0.25) is 4.79 Å². The van der Waals surface area contributed by atoms with E-state index in [2.05, 4.69) is 15.3 Å². The number of rotatable bonds is 6. The van der Waals surface area contributed by atoms with Crippen molar-refractivity contribution in [2.75, 3.05) is 11.1 Å². The number of carbonyl (C=O) groups is 1. The lowest BCUT2D eigenvalue weighted by molar-refractivity contribution is -0.113. The fourth-order valence-corrected chi connectivity index (χ4v) is 3.42. The van der Waals surface area contributed by atoms with Crippen LogP contribution in [0.4, 0.5) is 23.2 Å². The number of amides is 1. The Morgan fingerprint density at radius 1 is 1.19 bits per heavy atom. The smallest absolute Gasteiger partial charge is 0.288 e. The molecule has 1 amide bonds. The molecule has 4 nitrogen and oxygen atoms in total. The number of carbonyl (C=O) groups excluding carboxylic acids is 1. The molecule has 0 aliphatic heterocycles. The number of benzene rings is 2. The molecule has 3 aromatic rings. The van der Waals surface area contributed by atoms with Gasteiger partial charge in [0.1, 0.15) is 0 Å². The third kappa shape index (κ3) is 4.50. The molecule has 0 unspecified atom stereocenters. The molecular weight excluding hydrogens is 390 g/mol. The van der Waals surface area contributed by atoms with Crippen molar-refractivity contribution < 1.29 is 22.4 Å². The van der Waals surface area contributed by atoms with E-state index in [9.17, 15) is 22.4 Å². The zero-order chi connectivity index (χ0) is 18.7. The number of thioether (sulfide) groups is 2. The van der Waals surface area contributed by atoms with Crippen molar-refractivity contribution in [3.63, 3.8) is 0 Å². The van der Waals surface area contributed by atoms with Gasteiger partial charge in [-0.2, -0.15) is 8.78 Å². The summed E-state index contributed by atoms with van der Waals surface area (Å²) < 4.78 is 51.5. The maximum atomic E-state index is 13.2. The second kappa shape index (κ2) is 8.00. The zero-order valence-electron chi connectivity index (χ0n) is 12.9. The molecule has 3 rings (SSSR count). The quantitative estimate of drug-likeness (QED) is 0.456. The molecule has 2 aromatic carbocycles. The standard InChI is InChI=1S/C16H11F4N3OS2/c17-8-5-11-12(6-9(8)18)23-16(22-11)25-7-14(24)21-10-3-1-2-4-13(10)26-15(19)20/h1-6,15H,7H2,(H,21,24)(H,22,23). The maximum Gasteiger partial charge on any atom is 0.288 e. The fourth-order valence-electron chi connectivity index (χ4n) is 2.14. The van der Waals surface area contributed by atoms with E-state index in [1.165, 1.54) is 12.1 Å². The lowest BCUT2D eigenvalue weighted by atomic mass is 10.3. The number of anilines is 1. The molecule has 2 N–H and O–H groups in total. The first-order valence-electron chi connectivity index (χ1n) is 7.23. The first-order chi connectivity index (χ1) is 12.4. The van der Waals surface area contributed by atoms with E-state index in [1.54, 1.807) is 12.1 Å². The van der Waals surface area contributed by atoms with E-state index in [0.717, 1.165) is 23.9 Å². The Balaban J connectivity index is 1.64. The van der Waals surface area contributed by atoms with E-state index < -0.39 is 23.3 Å². The second-order valence-corrected chi connectivity index (χ2v) is 7.03. The highest BCUT2D eigenvalue weighted by atomic mass is 32.2. The number of fused-ring (bicyclic) bond motifs is 1. The van der Waals surface area contributed by atoms with Crippen molar-refractivity contribution in [3.05, 3.63) is 48.0 Å². The summed E-state index contributed by atoms with van der Waals surface area (Å²) in [6.45, 7) is 0. The van der Waals surface area contributed by atoms with Gasteiger partial charge in [0.25, 0.3) is 5.76 Å². The number of halogens is 4. The summed E-state index contributed by atoms with van der Waals surface area (Å²) in [5.41, 5.74) is 0.841. The number of imidazole rings is 1. The number of hydrogen-bond donors (Lipinski definition) is 2. The lowest BCUT2D eigenvalue weighted by Crippen LogP contribution is -2.14. The largest absolute Gasteiger partial charge is 0.333 e. The van der Waals surface area contributed by atoms with Crippen LogP contribution in [0.5, 0.6) is 0 Å². The second-order valence-electron chi connectivity index (χ2n) is 5.04. The number of aromatic amines is 1. The molecular formula is C16H11F4N3OS2. The molecule has 0 atom stereocenters. The number of para-hydroxylation sites is 1. The van der Waals surface area contributed by atoms with Crippen LogP contribution in [0.1, 0.15) is 0 Å². The number of alkyl halides is 2. The van der Waals surface area contributed by atoms with Gasteiger partial charge in [-0.25, -0.2) is 13.8 Å². The normalized spacial score (nSPS) is 11.3. The summed E-state index contributed by atoms with van der Waals surface area (Å²) in [7, 11) is 0. The highest BCUT2D eigenvalue weighted by Gasteiger charge is 2.13. The number of aromatic nitrogens is 2. The van der Waals surface area contributed by atoms with Crippen molar-refractivity contribution in [1.82, 2.24) is 9.97 Å². The van der Waals surface area contributed by atoms with Crippen LogP contribution in [0.25, 0.3) is 11.0 Å². The summed E-state index contributed by atoms with van der Waals surface area (Å²) in [4.78, 5) is 19.2. The lowest BCUT2D eigenvalue weighted by Gasteiger charge is -2.09. The van der Waals surface area contributed by atoms with Crippen molar-refractivity contribution in [2.45, 2.75) is 15.8 Å². The molecule has 26 heavy (non-hydrogen) atoms. The van der Waals surface area contributed by atoms with E-state index in [4.69, 9.17) is 0 Å². The minimum Gasteiger partial charge on any atom is -0.333 e. The summed E-state index contributed by atoms with van der Waals surface area (Å²) in [5.74, 6) is -5.08. The maximum absolute atomic E-state index is 13.2. The van der Waals surface area contributed by atoms with Gasteiger partial charge >= 0.3 is 0 Å². The van der Waals surface area contributed by atoms with E-state index in [-0.39, 0.29) is 21.9 Å². The monoisotopic (exact) mass is 401 g/mol. The number of H-pyrrole nitrogens is 1. The molecule has 0 spiro atoms. The van der Waals surface area contributed by atoms with Gasteiger partial charge in [-0.1, -0.05) is 35.7 Å². The molecule has 0 radical (unpaired) electrons. The van der Waals surface area contributed by atoms with Crippen LogP contribution >= 0.6 is 23.5 Å². The van der Waals surface area contributed by atoms with Crippen LogP contribution in [0.2, 0.25) is 0 Å². The molecule has 0 aliphatic carbocycles. The first-order valence-corrected chi connectivity index (χ1v) is 9.10. The Morgan fingerprint density at radius 2 is 1.92 bits per heavy atom. The van der Waals surface area contributed by atoms with Gasteiger partial charge in [-0.05, 0) is 12.1 Å². The number of nitrogens with zero attached hydrogens (tertiary/aromatic N) is 1. The van der Waals surface area contributed by atoms with Crippen LogP contribution in [-0.4, -0.2) is 27.4 Å². The van der Waals surface area contributed by atoms with E-state index >= 15 is 0 Å². The Labute approximate surface area is 153 Å². The van der Waals surface area contributed by atoms with Gasteiger partial charge in [0.2, 0.25) is 5.91 Å². The summed E-state index contributed by atoms with van der Waals surface area (Å²) in [6, 6.07) is 8.19. The highest BCUT2D eigenvalue weighted by Crippen LogP contribution is 2.31. The summed E-state index contributed by atoms with van der Waals surface area (Å²) >= 11 is 1.37. The van der Waals surface area contributed by atoms with Crippen LogP contribution in [0.15, 0.2) is 46.5 Å². The predicted molar refractivity (Wildman–Crippen MR) is 93.7 cm³/mol. The molecule has 0 aliphatic rings. The van der Waals surface area contributed by atoms with Crippen LogP contribution in [-0.2, 0) is 4.79 Å². The third-order valence-corrected chi connectivity index (χ3v) is 4.88. The Bertz CT molecular complexity index is 909. The van der Waals surface area contributed by atoms with E-state index in [0.29, 0.717) is 22.4 Å². The van der Waals surface area contributed by atoms with Gasteiger partial charge in [-0.15, -0.1) is 0 Å². The Kier molecular flexibility index (Phi) is 5.72. The van der Waals surface area contributed by atoms with Gasteiger partial charge in [0.05, 0.1) is 22.5 Å². The van der Waals surface area contributed by atoms with Gasteiger partial charge in [0, 0.05) is 17.0 Å². The van der Waals surface area contributed by atoms with Crippen molar-refractivity contribution in [3.8, 4) is 0 Å². The molecule has 0 saturated heterocycles. The molecule has 136 valence electrons. The predicted octanol–water partition coefficient (Wildman–Crippen LogP) is 4.89. The fraction of sp³-hybridized carbons (Fsp3) is 0.125. The van der Waals surface area contributed by atoms with Gasteiger partial charge < -0.3 is 10.3 Å². The van der Waals surface area contributed by atoms with Crippen molar-refractivity contribution in [2.24, 2.45) is 0 Å². The number of nitrogens with one attached hydrogen (secondary N) is 2. The van der Waals surface area contributed by atoms with Crippen LogP contribution in [0.3, 0.4) is 0 Å². The SMILES string of the molecule is O=C(CSc1nc2cc(F)c(F)cc2[nH]1)Nc1ccccc1SC(F)F. The molecule has 0 fully saturated rings. The van der Waals surface area contributed by atoms with Gasteiger partial charge in [0.15, 0.2) is 16.8 Å². The van der Waals surface area contributed by atoms with Crippen molar-refractivity contribution >= 4 is 46.2 Å². The Hall–Kier alpha value is -2.20. The minimum atomic E-state index is -2.60. The average molecular weight is 401 g/mol. The Morgan fingerprint density at radius 3 is 2.69 bits per heavy atom. The molecule has 1 heterocycles. The molecule has 0 bridgehead atoms. The minimum absolute atomic E-state index is 0.0571. The topological polar surface area (TPSA) is 57.8 Å². The summed E-state index contributed by atoms with van der Waals surface area (Å²) in [5, 5.41) is 2.88. The first kappa shape index (κ1) is 18.6. The van der Waals surface area contributed by atoms with Crippen molar-refractivity contribution in [1.29, 1.82) is 0 Å². The molecule has 1 aromatic heterocycles. The zero-order valence-corrected chi connectivity index (χ0v) is 14.6.